The van der Waals surface area contributed by atoms with Crippen molar-refractivity contribution < 1.29 is 14.7 Å². The molecule has 2 aliphatic heterocycles. The average molecular weight is 268 g/mol. The highest BCUT2D eigenvalue weighted by molar-refractivity contribution is 5.78. The molecule has 0 bridgehead atoms. The number of carboxylic acid groups (broad SMARTS) is 1. The fourth-order valence-corrected chi connectivity index (χ4v) is 3.25. The lowest BCUT2D eigenvalue weighted by atomic mass is 9.94. The summed E-state index contributed by atoms with van der Waals surface area (Å²) in [7, 11) is 0. The van der Waals surface area contributed by atoms with Gasteiger partial charge in [0.05, 0.1) is 5.92 Å². The van der Waals surface area contributed by atoms with Crippen LogP contribution in [0.25, 0.3) is 0 Å². The number of nitrogens with zero attached hydrogens (tertiary/aromatic N) is 2. The van der Waals surface area contributed by atoms with Gasteiger partial charge in [0.25, 0.3) is 0 Å². The fraction of sp³-hybridized carbons (Fsp3) is 0.857. The van der Waals surface area contributed by atoms with Gasteiger partial charge < -0.3 is 14.9 Å². The van der Waals surface area contributed by atoms with Gasteiger partial charge in [0.15, 0.2) is 0 Å². The number of hydrogen-bond donors (Lipinski definition) is 1. The van der Waals surface area contributed by atoms with Gasteiger partial charge in [-0.05, 0) is 32.1 Å². The lowest BCUT2D eigenvalue weighted by Crippen LogP contribution is -2.48. The number of urea groups is 1. The topological polar surface area (TPSA) is 60.9 Å². The van der Waals surface area contributed by atoms with Crippen molar-refractivity contribution in [2.75, 3.05) is 19.6 Å². The van der Waals surface area contributed by atoms with Gasteiger partial charge >= 0.3 is 12.0 Å². The third kappa shape index (κ3) is 2.85. The molecule has 2 unspecified atom stereocenters. The second kappa shape index (κ2) is 5.80. The van der Waals surface area contributed by atoms with Crippen LogP contribution in [0.5, 0.6) is 0 Å². The second-order valence-electron chi connectivity index (χ2n) is 5.79. The Labute approximate surface area is 114 Å². The van der Waals surface area contributed by atoms with Crippen LogP contribution in [0.4, 0.5) is 4.79 Å². The fourth-order valence-electron chi connectivity index (χ4n) is 3.25. The van der Waals surface area contributed by atoms with Gasteiger partial charge in [-0.25, -0.2) is 4.79 Å². The summed E-state index contributed by atoms with van der Waals surface area (Å²) in [4.78, 5) is 27.2. The molecule has 5 heteroatoms. The molecule has 2 fully saturated rings. The lowest BCUT2D eigenvalue weighted by Gasteiger charge is -2.36. The molecule has 2 aliphatic rings. The number of rotatable bonds is 2. The molecule has 2 heterocycles. The summed E-state index contributed by atoms with van der Waals surface area (Å²) in [5.41, 5.74) is 0. The van der Waals surface area contributed by atoms with E-state index in [0.717, 1.165) is 31.8 Å². The minimum Gasteiger partial charge on any atom is -0.481 e. The van der Waals surface area contributed by atoms with E-state index in [4.69, 9.17) is 5.11 Å². The quantitative estimate of drug-likeness (QED) is 0.833. The molecule has 0 aromatic carbocycles. The van der Waals surface area contributed by atoms with E-state index in [1.165, 1.54) is 6.42 Å². The Morgan fingerprint density at radius 1 is 1.16 bits per heavy atom. The van der Waals surface area contributed by atoms with Gasteiger partial charge in [-0.3, -0.25) is 4.79 Å². The summed E-state index contributed by atoms with van der Waals surface area (Å²) in [5.74, 6) is -0.448. The number of hydrogen-bond acceptors (Lipinski definition) is 2. The van der Waals surface area contributed by atoms with Gasteiger partial charge in [0.1, 0.15) is 0 Å². The van der Waals surface area contributed by atoms with Crippen molar-refractivity contribution in [2.45, 2.75) is 45.6 Å². The van der Waals surface area contributed by atoms with Crippen LogP contribution in [0.15, 0.2) is 0 Å². The summed E-state index contributed by atoms with van der Waals surface area (Å²) in [6, 6.07) is -0.153. The van der Waals surface area contributed by atoms with Crippen LogP contribution < -0.4 is 0 Å². The van der Waals surface area contributed by atoms with Gasteiger partial charge in [-0.1, -0.05) is 13.3 Å². The number of likely N-dealkylation sites (tertiary alicyclic amines) is 2. The molecule has 2 atom stereocenters. The normalized spacial score (nSPS) is 28.7. The Morgan fingerprint density at radius 2 is 1.79 bits per heavy atom. The summed E-state index contributed by atoms with van der Waals surface area (Å²) < 4.78 is 0. The highest BCUT2D eigenvalue weighted by atomic mass is 16.4. The van der Waals surface area contributed by atoms with E-state index in [1.54, 1.807) is 4.90 Å². The molecule has 0 aromatic rings. The zero-order valence-electron chi connectivity index (χ0n) is 11.8. The largest absolute Gasteiger partial charge is 0.481 e. The molecule has 0 radical (unpaired) electrons. The predicted molar refractivity (Wildman–Crippen MR) is 71.9 cm³/mol. The molecule has 5 nitrogen and oxygen atoms in total. The standard InChI is InChI=1S/C14H24N2O3/c1-3-11-4-7-15(8-5-11)14(19)16-9-6-12(10(16)2)13(17)18/h10-12H,3-9H2,1-2H3,(H,17,18). The number of carboxylic acids is 1. The Morgan fingerprint density at radius 3 is 2.26 bits per heavy atom. The third-order valence-corrected chi connectivity index (χ3v) is 4.78. The maximum atomic E-state index is 12.4. The van der Waals surface area contributed by atoms with E-state index in [9.17, 15) is 9.59 Å². The summed E-state index contributed by atoms with van der Waals surface area (Å²) >= 11 is 0. The third-order valence-electron chi connectivity index (χ3n) is 4.78. The van der Waals surface area contributed by atoms with Gasteiger partial charge in [-0.2, -0.15) is 0 Å². The minimum atomic E-state index is -0.785. The van der Waals surface area contributed by atoms with Crippen molar-refractivity contribution >= 4 is 12.0 Å². The highest BCUT2D eigenvalue weighted by Crippen LogP contribution is 2.27. The van der Waals surface area contributed by atoms with E-state index >= 15 is 0 Å². The maximum Gasteiger partial charge on any atom is 0.320 e. The first-order valence-corrected chi connectivity index (χ1v) is 7.33. The molecule has 108 valence electrons. The van der Waals surface area contributed by atoms with E-state index < -0.39 is 11.9 Å². The Hall–Kier alpha value is -1.26. The van der Waals surface area contributed by atoms with Crippen LogP contribution >= 0.6 is 0 Å². The van der Waals surface area contributed by atoms with Crippen LogP contribution in [0.2, 0.25) is 0 Å². The molecular weight excluding hydrogens is 244 g/mol. The molecule has 2 saturated heterocycles. The molecule has 2 rings (SSSR count). The summed E-state index contributed by atoms with van der Waals surface area (Å²) in [6.07, 6.45) is 3.91. The Kier molecular flexibility index (Phi) is 4.32. The van der Waals surface area contributed by atoms with Crippen LogP contribution in [-0.2, 0) is 4.79 Å². The number of carbonyl (C=O) groups is 2. The van der Waals surface area contributed by atoms with Gasteiger partial charge in [-0.15, -0.1) is 0 Å². The van der Waals surface area contributed by atoms with Crippen molar-refractivity contribution in [3.05, 3.63) is 0 Å². The van der Waals surface area contributed by atoms with Crippen molar-refractivity contribution in [3.63, 3.8) is 0 Å². The van der Waals surface area contributed by atoms with Crippen molar-refractivity contribution in [3.8, 4) is 0 Å². The minimum absolute atomic E-state index is 0.0332. The Bertz CT molecular complexity index is 351. The number of piperidine rings is 1. The van der Waals surface area contributed by atoms with Crippen molar-refractivity contribution in [1.82, 2.24) is 9.80 Å². The average Bonchev–Trinajstić information content (AvgIpc) is 2.80. The predicted octanol–water partition coefficient (Wildman–Crippen LogP) is 2.02. The van der Waals surface area contributed by atoms with E-state index in [0.29, 0.717) is 13.0 Å². The van der Waals surface area contributed by atoms with Crippen LogP contribution in [0, 0.1) is 11.8 Å². The zero-order valence-corrected chi connectivity index (χ0v) is 11.8. The maximum absolute atomic E-state index is 12.4. The SMILES string of the molecule is CCC1CCN(C(=O)N2CCC(C(=O)O)C2C)CC1. The molecular formula is C14H24N2O3. The van der Waals surface area contributed by atoms with Crippen molar-refractivity contribution in [2.24, 2.45) is 11.8 Å². The zero-order chi connectivity index (χ0) is 14.0. The van der Waals surface area contributed by atoms with Crippen molar-refractivity contribution in [1.29, 1.82) is 0 Å². The van der Waals surface area contributed by atoms with E-state index in [1.807, 2.05) is 11.8 Å². The number of amides is 2. The molecule has 0 saturated carbocycles. The molecule has 0 aliphatic carbocycles. The summed E-state index contributed by atoms with van der Waals surface area (Å²) in [6.45, 7) is 6.26. The van der Waals surface area contributed by atoms with Gasteiger partial charge in [0.2, 0.25) is 0 Å². The number of carbonyl (C=O) groups excluding carboxylic acids is 1. The second-order valence-corrected chi connectivity index (χ2v) is 5.79. The molecule has 2 amide bonds. The molecule has 1 N–H and O–H groups in total. The summed E-state index contributed by atoms with van der Waals surface area (Å²) in [5, 5.41) is 9.11. The van der Waals surface area contributed by atoms with E-state index in [2.05, 4.69) is 6.92 Å². The highest BCUT2D eigenvalue weighted by Gasteiger charge is 2.40. The smallest absolute Gasteiger partial charge is 0.320 e. The van der Waals surface area contributed by atoms with E-state index in [-0.39, 0.29) is 12.1 Å². The lowest BCUT2D eigenvalue weighted by molar-refractivity contribution is -0.142. The molecule has 0 aromatic heterocycles. The molecule has 0 spiro atoms. The van der Waals surface area contributed by atoms with Crippen LogP contribution in [0.1, 0.15) is 39.5 Å². The first-order chi connectivity index (χ1) is 9.04. The first-order valence-electron chi connectivity index (χ1n) is 7.33. The van der Waals surface area contributed by atoms with Gasteiger partial charge in [0, 0.05) is 25.7 Å². The monoisotopic (exact) mass is 268 g/mol. The van der Waals surface area contributed by atoms with Crippen LogP contribution in [0.3, 0.4) is 0 Å². The molecule has 19 heavy (non-hydrogen) atoms. The number of aliphatic carboxylic acids is 1. The van der Waals surface area contributed by atoms with Crippen LogP contribution in [-0.4, -0.2) is 52.6 Å². The Balaban J connectivity index is 1.92. The first kappa shape index (κ1) is 14.2.